The van der Waals surface area contributed by atoms with Crippen LogP contribution in [0.5, 0.6) is 0 Å². The molecule has 0 radical (unpaired) electrons. The minimum atomic E-state index is -0.978. The zero-order valence-electron chi connectivity index (χ0n) is 16.9. The third-order valence-electron chi connectivity index (χ3n) is 5.85. The van der Waals surface area contributed by atoms with Crippen LogP contribution in [0.3, 0.4) is 0 Å². The molecule has 1 aliphatic rings. The topological polar surface area (TPSA) is 64.4 Å². The van der Waals surface area contributed by atoms with Gasteiger partial charge in [-0.05, 0) is 43.0 Å². The predicted molar refractivity (Wildman–Crippen MR) is 113 cm³/mol. The summed E-state index contributed by atoms with van der Waals surface area (Å²) in [5, 5.41) is 0.644. The summed E-state index contributed by atoms with van der Waals surface area (Å²) in [6.45, 7) is 4.08. The molecule has 0 N–H and O–H groups in total. The van der Waals surface area contributed by atoms with Crippen molar-refractivity contribution in [2.45, 2.75) is 32.7 Å². The first-order valence-corrected chi connectivity index (χ1v) is 10.3. The summed E-state index contributed by atoms with van der Waals surface area (Å²) in [6, 6.07) is 14.3. The van der Waals surface area contributed by atoms with Crippen molar-refractivity contribution in [3.63, 3.8) is 0 Å². The third kappa shape index (κ3) is 3.79. The molecule has 0 unspecified atom stereocenters. The highest BCUT2D eigenvalue weighted by Gasteiger charge is 2.25. The van der Waals surface area contributed by atoms with Gasteiger partial charge in [-0.2, -0.15) is 0 Å². The average molecular weight is 409 g/mol. The maximum atomic E-state index is 13.0. The van der Waals surface area contributed by atoms with Gasteiger partial charge in [0.05, 0.1) is 22.2 Å². The highest BCUT2D eigenvalue weighted by Crippen LogP contribution is 2.28. The number of benzene rings is 2. The Morgan fingerprint density at radius 2 is 1.83 bits per heavy atom. The highest BCUT2D eigenvalue weighted by atomic mass is 19.3. The van der Waals surface area contributed by atoms with E-state index in [9.17, 15) is 14.1 Å². The van der Waals surface area contributed by atoms with Gasteiger partial charge < -0.3 is 4.90 Å². The number of anilines is 1. The van der Waals surface area contributed by atoms with Gasteiger partial charge in [0.15, 0.2) is 0 Å². The van der Waals surface area contributed by atoms with Crippen molar-refractivity contribution in [2.75, 3.05) is 18.0 Å². The molecule has 1 saturated heterocycles. The first kappa shape index (κ1) is 20.1. The number of aryl methyl sites for hydroxylation is 1. The molecule has 30 heavy (non-hydrogen) atoms. The number of aromatic nitrogens is 2. The molecule has 2 aromatic carbocycles. The van der Waals surface area contributed by atoms with Crippen LogP contribution in [0.1, 0.15) is 35.9 Å². The van der Waals surface area contributed by atoms with Gasteiger partial charge in [-0.15, -0.1) is 0 Å². The molecule has 156 valence electrons. The second-order valence-corrected chi connectivity index (χ2v) is 7.63. The molecule has 2 heterocycles. The van der Waals surface area contributed by atoms with Crippen LogP contribution >= 0.6 is 0 Å². The summed E-state index contributed by atoms with van der Waals surface area (Å²) in [5.74, 6) is 0.152. The van der Waals surface area contributed by atoms with Crippen molar-refractivity contribution in [2.24, 2.45) is 5.92 Å². The van der Waals surface area contributed by atoms with Gasteiger partial charge in [-0.1, -0.05) is 31.2 Å². The number of fused-ring (bicyclic) bond motifs is 1. The summed E-state index contributed by atoms with van der Waals surface area (Å²) in [5.41, 5.74) is 1.65. The SMILES string of the molecule is CCc1nc2ccccc2c(=O)n1CC1CCN(c2ccccc2C(=O)OF)CC1. The second kappa shape index (κ2) is 8.65. The molecule has 6 nitrogen and oxygen atoms in total. The van der Waals surface area contributed by atoms with E-state index in [0.29, 0.717) is 30.0 Å². The number of hydrogen-bond donors (Lipinski definition) is 0. The second-order valence-electron chi connectivity index (χ2n) is 7.63. The molecule has 0 bridgehead atoms. The van der Waals surface area contributed by atoms with Crippen molar-refractivity contribution in [3.8, 4) is 0 Å². The fourth-order valence-corrected chi connectivity index (χ4v) is 4.25. The molecular weight excluding hydrogens is 385 g/mol. The van der Waals surface area contributed by atoms with Crippen LogP contribution < -0.4 is 10.5 Å². The zero-order valence-corrected chi connectivity index (χ0v) is 16.9. The fourth-order valence-electron chi connectivity index (χ4n) is 4.25. The number of halogens is 1. The van der Waals surface area contributed by atoms with E-state index < -0.39 is 5.97 Å². The number of nitrogens with zero attached hydrogens (tertiary/aromatic N) is 3. The number of piperidine rings is 1. The van der Waals surface area contributed by atoms with Crippen LogP contribution in [-0.4, -0.2) is 28.6 Å². The quantitative estimate of drug-likeness (QED) is 0.639. The molecule has 0 spiro atoms. The number of hydrogen-bond acceptors (Lipinski definition) is 5. The Hall–Kier alpha value is -3.22. The molecule has 0 amide bonds. The average Bonchev–Trinajstić information content (AvgIpc) is 2.80. The van der Waals surface area contributed by atoms with Crippen LogP contribution in [0.4, 0.5) is 10.2 Å². The number of carbonyl (C=O) groups excluding carboxylic acids is 1. The van der Waals surface area contributed by atoms with Gasteiger partial charge in [-0.25, -0.2) is 14.7 Å². The predicted octanol–water partition coefficient (Wildman–Crippen LogP) is 3.92. The summed E-state index contributed by atoms with van der Waals surface area (Å²) in [7, 11) is 0. The van der Waals surface area contributed by atoms with Crippen molar-refractivity contribution >= 4 is 22.6 Å². The molecule has 0 atom stereocenters. The molecular formula is C23H24FN3O3. The first-order chi connectivity index (χ1) is 14.6. The van der Waals surface area contributed by atoms with E-state index in [2.05, 4.69) is 14.8 Å². The molecule has 0 saturated carbocycles. The Labute approximate surface area is 173 Å². The van der Waals surface area contributed by atoms with Crippen LogP contribution in [0.25, 0.3) is 10.9 Å². The van der Waals surface area contributed by atoms with Crippen molar-refractivity contribution in [1.29, 1.82) is 0 Å². The Bertz CT molecular complexity index is 1120. The normalized spacial score (nSPS) is 14.8. The van der Waals surface area contributed by atoms with Gasteiger partial charge in [0.1, 0.15) is 5.82 Å². The van der Waals surface area contributed by atoms with Crippen LogP contribution in [0.2, 0.25) is 0 Å². The smallest absolute Gasteiger partial charge is 0.371 e. The van der Waals surface area contributed by atoms with E-state index >= 15 is 0 Å². The van der Waals surface area contributed by atoms with E-state index in [1.807, 2.05) is 41.8 Å². The molecule has 7 heteroatoms. The lowest BCUT2D eigenvalue weighted by atomic mass is 9.95. The summed E-state index contributed by atoms with van der Waals surface area (Å²) in [6.07, 6.45) is 2.42. The molecule has 1 aliphatic heterocycles. The molecule has 3 aromatic rings. The van der Waals surface area contributed by atoms with Crippen LogP contribution in [0.15, 0.2) is 53.3 Å². The molecule has 1 aromatic heterocycles. The number of carbonyl (C=O) groups is 1. The number of para-hydroxylation sites is 2. The largest absolute Gasteiger partial charge is 0.381 e. The Balaban J connectivity index is 1.52. The van der Waals surface area contributed by atoms with Gasteiger partial charge in [0.25, 0.3) is 5.56 Å². The molecule has 4 rings (SSSR count). The summed E-state index contributed by atoms with van der Waals surface area (Å²) < 4.78 is 14.3. The van der Waals surface area contributed by atoms with E-state index in [1.54, 1.807) is 18.2 Å². The Morgan fingerprint density at radius 1 is 1.13 bits per heavy atom. The third-order valence-corrected chi connectivity index (χ3v) is 5.85. The lowest BCUT2D eigenvalue weighted by Crippen LogP contribution is -2.37. The van der Waals surface area contributed by atoms with Crippen LogP contribution in [0, 0.1) is 5.92 Å². The standard InChI is InChI=1S/C23H24FN3O3/c1-2-21-25-19-9-5-3-7-17(19)22(28)27(21)15-16-11-13-26(14-12-16)20-10-6-4-8-18(20)23(29)30-24/h3-10,16H,2,11-15H2,1H3. The summed E-state index contributed by atoms with van der Waals surface area (Å²) >= 11 is 0. The maximum absolute atomic E-state index is 13.0. The van der Waals surface area contributed by atoms with Gasteiger partial charge in [0, 0.05) is 30.6 Å². The Morgan fingerprint density at radius 3 is 2.57 bits per heavy atom. The van der Waals surface area contributed by atoms with Crippen molar-refractivity contribution < 1.29 is 14.3 Å². The molecule has 0 aliphatic carbocycles. The molecule has 1 fully saturated rings. The highest BCUT2D eigenvalue weighted by molar-refractivity contribution is 5.95. The van der Waals surface area contributed by atoms with E-state index in [-0.39, 0.29) is 11.1 Å². The zero-order chi connectivity index (χ0) is 21.1. The minimum absolute atomic E-state index is 0.0101. The van der Waals surface area contributed by atoms with E-state index in [0.717, 1.165) is 37.3 Å². The van der Waals surface area contributed by atoms with E-state index in [1.165, 1.54) is 0 Å². The lowest BCUT2D eigenvalue weighted by molar-refractivity contribution is -0.0787. The lowest BCUT2D eigenvalue weighted by Gasteiger charge is -2.34. The Kier molecular flexibility index (Phi) is 5.79. The van der Waals surface area contributed by atoms with Crippen molar-refractivity contribution in [1.82, 2.24) is 9.55 Å². The number of rotatable bonds is 5. The minimum Gasteiger partial charge on any atom is -0.371 e. The van der Waals surface area contributed by atoms with Crippen molar-refractivity contribution in [3.05, 3.63) is 70.3 Å². The monoisotopic (exact) mass is 409 g/mol. The first-order valence-electron chi connectivity index (χ1n) is 10.3. The summed E-state index contributed by atoms with van der Waals surface area (Å²) in [4.78, 5) is 35.0. The fraction of sp³-hybridized carbons (Fsp3) is 0.348. The van der Waals surface area contributed by atoms with Gasteiger partial charge in [0.2, 0.25) is 0 Å². The maximum Gasteiger partial charge on any atom is 0.381 e. The van der Waals surface area contributed by atoms with Gasteiger partial charge >= 0.3 is 5.97 Å². The van der Waals surface area contributed by atoms with Crippen LogP contribution in [-0.2, 0) is 17.9 Å². The van der Waals surface area contributed by atoms with E-state index in [4.69, 9.17) is 0 Å². The van der Waals surface area contributed by atoms with Gasteiger partial charge in [-0.3, -0.25) is 9.36 Å².